The molecule has 0 aliphatic rings. The number of halogens is 2. The molecule has 0 aromatic heterocycles. The summed E-state index contributed by atoms with van der Waals surface area (Å²) in [5, 5.41) is 5.78. The predicted octanol–water partition coefficient (Wildman–Crippen LogP) is 2.43. The molecule has 0 rings (SSSR count). The van der Waals surface area contributed by atoms with Crippen LogP contribution in [0.3, 0.4) is 0 Å². The number of aliphatic hydroxyl groups excluding tert-OH is 1. The molecule has 0 bridgehead atoms. The van der Waals surface area contributed by atoms with Gasteiger partial charge in [-0.15, -0.1) is 0 Å². The van der Waals surface area contributed by atoms with E-state index in [1.165, 1.54) is 6.92 Å². The Morgan fingerprint density at radius 1 is 1.50 bits per heavy atom. The quantitative estimate of drug-likeness (QED) is 0.677. The number of unbranched alkanes of at least 4 members (excludes halogenated alkanes) is 1. The van der Waals surface area contributed by atoms with Gasteiger partial charge in [0.1, 0.15) is 0 Å². The fourth-order valence-corrected chi connectivity index (χ4v) is 1.74. The third kappa shape index (κ3) is 6.27. The first kappa shape index (κ1) is 15.6. The Hall–Kier alpha value is -0.360. The third-order valence-corrected chi connectivity index (χ3v) is 2.94. The number of hydrogen-bond acceptors (Lipinski definition) is 4. The summed E-state index contributed by atoms with van der Waals surface area (Å²) in [6.07, 6.45) is 1.36. The van der Waals surface area contributed by atoms with Crippen LogP contribution in [0.2, 0.25) is 0 Å². The molecule has 6 heteroatoms. The molecular formula is C10H18F2O3S. The van der Waals surface area contributed by atoms with Gasteiger partial charge in [0.15, 0.2) is 0 Å². The van der Waals surface area contributed by atoms with E-state index >= 15 is 0 Å². The Labute approximate surface area is 98.5 Å². The molecule has 0 aliphatic heterocycles. The van der Waals surface area contributed by atoms with Crippen LogP contribution in [0.15, 0.2) is 0 Å². The standard InChI is InChI=1S/C10H18F2O3S/c1-3-5-6-8(13)7-16-10(11,12)9(14)15-4-2/h8,13H,3-7H2,1-2H3. The van der Waals surface area contributed by atoms with E-state index in [0.717, 1.165) is 12.8 Å². The van der Waals surface area contributed by atoms with Crippen LogP contribution in [-0.4, -0.2) is 34.8 Å². The van der Waals surface area contributed by atoms with Crippen molar-refractivity contribution in [3.05, 3.63) is 0 Å². The van der Waals surface area contributed by atoms with Gasteiger partial charge in [-0.25, -0.2) is 4.79 Å². The zero-order valence-electron chi connectivity index (χ0n) is 9.54. The fourth-order valence-electron chi connectivity index (χ4n) is 0.998. The van der Waals surface area contributed by atoms with Crippen LogP contribution in [0.5, 0.6) is 0 Å². The number of esters is 1. The van der Waals surface area contributed by atoms with Crippen molar-refractivity contribution in [3.8, 4) is 0 Å². The van der Waals surface area contributed by atoms with Gasteiger partial charge in [0.2, 0.25) is 0 Å². The van der Waals surface area contributed by atoms with Crippen LogP contribution in [-0.2, 0) is 9.53 Å². The minimum absolute atomic E-state index is 0.0760. The molecular weight excluding hydrogens is 238 g/mol. The lowest BCUT2D eigenvalue weighted by Gasteiger charge is -2.16. The summed E-state index contributed by atoms with van der Waals surface area (Å²) < 4.78 is 30.4. The lowest BCUT2D eigenvalue weighted by atomic mass is 10.2. The lowest BCUT2D eigenvalue weighted by molar-refractivity contribution is -0.159. The Kier molecular flexibility index (Phi) is 7.66. The van der Waals surface area contributed by atoms with Crippen LogP contribution in [0, 0.1) is 0 Å². The highest BCUT2D eigenvalue weighted by Gasteiger charge is 2.41. The minimum Gasteiger partial charge on any atom is -0.461 e. The number of carbonyl (C=O) groups excluding carboxylic acids is 1. The molecule has 0 spiro atoms. The Morgan fingerprint density at radius 3 is 2.62 bits per heavy atom. The molecule has 0 radical (unpaired) electrons. The Balaban J connectivity index is 3.92. The fraction of sp³-hybridized carbons (Fsp3) is 0.900. The summed E-state index contributed by atoms with van der Waals surface area (Å²) in [5.74, 6) is -1.70. The van der Waals surface area contributed by atoms with E-state index in [2.05, 4.69) is 4.74 Å². The van der Waals surface area contributed by atoms with Crippen molar-refractivity contribution in [2.24, 2.45) is 0 Å². The van der Waals surface area contributed by atoms with Gasteiger partial charge < -0.3 is 9.84 Å². The second-order valence-corrected chi connectivity index (χ2v) is 4.48. The van der Waals surface area contributed by atoms with Crippen molar-refractivity contribution in [3.63, 3.8) is 0 Å². The van der Waals surface area contributed by atoms with Crippen LogP contribution < -0.4 is 0 Å². The van der Waals surface area contributed by atoms with Crippen molar-refractivity contribution >= 4 is 17.7 Å². The molecule has 0 saturated heterocycles. The monoisotopic (exact) mass is 256 g/mol. The third-order valence-electron chi connectivity index (χ3n) is 1.86. The maximum Gasteiger partial charge on any atom is 0.389 e. The minimum atomic E-state index is -3.57. The SMILES string of the molecule is CCCCC(O)CSC(F)(F)C(=O)OCC. The number of hydrogen-bond donors (Lipinski definition) is 1. The van der Waals surface area contributed by atoms with E-state index < -0.39 is 17.3 Å². The lowest BCUT2D eigenvalue weighted by Crippen LogP contribution is -2.29. The average molecular weight is 256 g/mol. The van der Waals surface area contributed by atoms with Crippen LogP contribution in [0.25, 0.3) is 0 Å². The van der Waals surface area contributed by atoms with Crippen molar-refractivity contribution in [2.75, 3.05) is 12.4 Å². The van der Waals surface area contributed by atoms with Gasteiger partial charge >= 0.3 is 11.2 Å². The van der Waals surface area contributed by atoms with Gasteiger partial charge in [-0.3, -0.25) is 0 Å². The molecule has 16 heavy (non-hydrogen) atoms. The van der Waals surface area contributed by atoms with Gasteiger partial charge in [0, 0.05) is 5.75 Å². The summed E-state index contributed by atoms with van der Waals surface area (Å²) in [6, 6.07) is 0. The largest absolute Gasteiger partial charge is 0.461 e. The van der Waals surface area contributed by atoms with Crippen molar-refractivity contribution in [2.45, 2.75) is 44.5 Å². The Morgan fingerprint density at radius 2 is 2.12 bits per heavy atom. The highest BCUT2D eigenvalue weighted by Crippen LogP contribution is 2.31. The average Bonchev–Trinajstić information content (AvgIpc) is 2.24. The molecule has 1 unspecified atom stereocenters. The van der Waals surface area contributed by atoms with Gasteiger partial charge in [0.05, 0.1) is 12.7 Å². The summed E-state index contributed by atoms with van der Waals surface area (Å²) in [4.78, 5) is 10.8. The predicted molar refractivity (Wildman–Crippen MR) is 59.6 cm³/mol. The second-order valence-electron chi connectivity index (χ2n) is 3.34. The maximum atomic E-state index is 13.1. The zero-order chi connectivity index (χ0) is 12.6. The van der Waals surface area contributed by atoms with Crippen molar-refractivity contribution in [1.29, 1.82) is 0 Å². The molecule has 0 saturated carbocycles. The van der Waals surface area contributed by atoms with Crippen LogP contribution in [0.1, 0.15) is 33.1 Å². The highest BCUT2D eigenvalue weighted by molar-refractivity contribution is 8.01. The summed E-state index contributed by atoms with van der Waals surface area (Å²) in [6.45, 7) is 3.34. The molecule has 96 valence electrons. The van der Waals surface area contributed by atoms with Gasteiger partial charge in [-0.1, -0.05) is 31.5 Å². The van der Waals surface area contributed by atoms with Crippen LogP contribution >= 0.6 is 11.8 Å². The first-order chi connectivity index (χ1) is 7.44. The molecule has 0 aromatic rings. The first-order valence-electron chi connectivity index (χ1n) is 5.31. The smallest absolute Gasteiger partial charge is 0.389 e. The van der Waals surface area contributed by atoms with Crippen LogP contribution in [0.4, 0.5) is 8.78 Å². The van der Waals surface area contributed by atoms with E-state index in [1.54, 1.807) is 0 Å². The molecule has 1 N–H and O–H groups in total. The molecule has 3 nitrogen and oxygen atoms in total. The van der Waals surface area contributed by atoms with Gasteiger partial charge in [-0.2, -0.15) is 8.78 Å². The summed E-state index contributed by atoms with van der Waals surface area (Å²) in [7, 11) is 0. The number of rotatable bonds is 8. The maximum absolute atomic E-state index is 13.1. The Bertz CT molecular complexity index is 212. The molecule has 0 aromatic carbocycles. The summed E-state index contributed by atoms with van der Waals surface area (Å²) in [5.41, 5.74) is 0. The molecule has 0 amide bonds. The molecule has 0 heterocycles. The van der Waals surface area contributed by atoms with Gasteiger partial charge in [-0.05, 0) is 13.3 Å². The second kappa shape index (κ2) is 7.84. The zero-order valence-corrected chi connectivity index (χ0v) is 10.4. The van der Waals surface area contributed by atoms with Crippen molar-refractivity contribution < 1.29 is 23.4 Å². The molecule has 1 atom stereocenters. The van der Waals surface area contributed by atoms with E-state index in [1.807, 2.05) is 6.92 Å². The first-order valence-corrected chi connectivity index (χ1v) is 6.29. The molecule has 0 aliphatic carbocycles. The van der Waals surface area contributed by atoms with Crippen molar-refractivity contribution in [1.82, 2.24) is 0 Å². The summed E-state index contributed by atoms with van der Waals surface area (Å²) >= 11 is 0.127. The molecule has 0 fully saturated rings. The number of carbonyl (C=O) groups is 1. The number of thioether (sulfide) groups is 1. The topological polar surface area (TPSA) is 46.5 Å². The van der Waals surface area contributed by atoms with Gasteiger partial charge in [0.25, 0.3) is 0 Å². The van der Waals surface area contributed by atoms with E-state index in [0.29, 0.717) is 6.42 Å². The van der Waals surface area contributed by atoms with E-state index in [4.69, 9.17) is 0 Å². The number of aliphatic hydroxyl groups is 1. The normalized spacial score (nSPS) is 13.6. The highest BCUT2D eigenvalue weighted by atomic mass is 32.2. The number of alkyl halides is 2. The van der Waals surface area contributed by atoms with E-state index in [9.17, 15) is 18.7 Å². The van der Waals surface area contributed by atoms with E-state index in [-0.39, 0.29) is 24.1 Å². The number of ether oxygens (including phenoxy) is 1.